The van der Waals surface area contributed by atoms with Crippen LogP contribution in [0.3, 0.4) is 0 Å². The van der Waals surface area contributed by atoms with Gasteiger partial charge in [-0.2, -0.15) is 0 Å². The van der Waals surface area contributed by atoms with Crippen LogP contribution >= 0.6 is 0 Å². The van der Waals surface area contributed by atoms with E-state index in [-0.39, 0.29) is 5.82 Å². The van der Waals surface area contributed by atoms with Gasteiger partial charge in [0.25, 0.3) is 0 Å². The Morgan fingerprint density at radius 2 is 1.73 bits per heavy atom. The molecule has 116 valence electrons. The van der Waals surface area contributed by atoms with E-state index in [4.69, 9.17) is 0 Å². The first kappa shape index (κ1) is 15.1. The van der Waals surface area contributed by atoms with E-state index in [2.05, 4.69) is 25.8 Å². The first-order valence-corrected chi connectivity index (χ1v) is 7.75. The van der Waals surface area contributed by atoms with Gasteiger partial charge < -0.3 is 4.90 Å². The molecule has 0 amide bonds. The van der Waals surface area contributed by atoms with Crippen molar-refractivity contribution in [1.29, 1.82) is 0 Å². The Morgan fingerprint density at radius 1 is 0.909 bits per heavy atom. The predicted octanol–water partition coefficient (Wildman–Crippen LogP) is 1.98. The lowest BCUT2D eigenvalue weighted by atomic mass is 10.2. The summed E-state index contributed by atoms with van der Waals surface area (Å²) in [5.74, 6) is -0.275. The lowest BCUT2D eigenvalue weighted by Gasteiger charge is -2.34. The van der Waals surface area contributed by atoms with Crippen molar-refractivity contribution in [3.63, 3.8) is 0 Å². The molecule has 0 aliphatic carbocycles. The maximum atomic E-state index is 12.9. The van der Waals surface area contributed by atoms with Gasteiger partial charge in [0, 0.05) is 57.6 Å². The van der Waals surface area contributed by atoms with E-state index in [1.54, 1.807) is 6.07 Å². The van der Waals surface area contributed by atoms with Crippen LogP contribution < -0.4 is 0 Å². The molecule has 4 nitrogen and oxygen atoms in total. The van der Waals surface area contributed by atoms with Gasteiger partial charge in [0.15, 0.2) is 0 Å². The predicted molar refractivity (Wildman–Crippen MR) is 83.9 cm³/mol. The molecule has 2 aromatic heterocycles. The molecule has 1 aliphatic rings. The largest absolute Gasteiger partial charge is 0.300 e. The van der Waals surface area contributed by atoms with Gasteiger partial charge in [-0.25, -0.2) is 4.39 Å². The lowest BCUT2D eigenvalue weighted by molar-refractivity contribution is 0.127. The van der Waals surface area contributed by atoms with Crippen LogP contribution in [0, 0.1) is 5.82 Å². The highest BCUT2D eigenvalue weighted by molar-refractivity contribution is 5.06. The smallest absolute Gasteiger partial charge is 0.141 e. The molecule has 1 fully saturated rings. The molecule has 1 aliphatic heterocycles. The van der Waals surface area contributed by atoms with Crippen molar-refractivity contribution in [3.05, 3.63) is 59.9 Å². The van der Waals surface area contributed by atoms with Crippen molar-refractivity contribution in [2.75, 3.05) is 32.7 Å². The number of aromatic nitrogens is 2. The molecule has 5 heteroatoms. The summed E-state index contributed by atoms with van der Waals surface area (Å²) in [4.78, 5) is 13.3. The van der Waals surface area contributed by atoms with E-state index in [0.29, 0.717) is 0 Å². The summed E-state index contributed by atoms with van der Waals surface area (Å²) in [6.45, 7) is 6.04. The third kappa shape index (κ3) is 4.32. The van der Waals surface area contributed by atoms with Crippen molar-refractivity contribution in [2.24, 2.45) is 0 Å². The fourth-order valence-corrected chi connectivity index (χ4v) is 2.72. The van der Waals surface area contributed by atoms with Crippen LogP contribution in [0.1, 0.15) is 11.4 Å². The Bertz CT molecular complexity index is 565. The number of hydrogen-bond donors (Lipinski definition) is 0. The molecule has 0 aromatic carbocycles. The molecule has 0 N–H and O–H groups in total. The van der Waals surface area contributed by atoms with Crippen LogP contribution in [0.25, 0.3) is 0 Å². The minimum Gasteiger partial charge on any atom is -0.300 e. The topological polar surface area (TPSA) is 32.3 Å². The first-order valence-electron chi connectivity index (χ1n) is 7.75. The Morgan fingerprint density at radius 3 is 2.41 bits per heavy atom. The third-order valence-corrected chi connectivity index (χ3v) is 4.05. The number of halogens is 1. The van der Waals surface area contributed by atoms with Crippen molar-refractivity contribution in [2.45, 2.75) is 13.0 Å². The fourth-order valence-electron chi connectivity index (χ4n) is 2.72. The van der Waals surface area contributed by atoms with Gasteiger partial charge in [-0.15, -0.1) is 0 Å². The van der Waals surface area contributed by atoms with E-state index >= 15 is 0 Å². The molecule has 0 saturated carbocycles. The lowest BCUT2D eigenvalue weighted by Crippen LogP contribution is -2.46. The van der Waals surface area contributed by atoms with E-state index < -0.39 is 0 Å². The summed E-state index contributed by atoms with van der Waals surface area (Å²) in [5.41, 5.74) is 2.09. The molecule has 0 bridgehead atoms. The second-order valence-electron chi connectivity index (χ2n) is 5.66. The van der Waals surface area contributed by atoms with Gasteiger partial charge in [-0.05, 0) is 24.3 Å². The van der Waals surface area contributed by atoms with Crippen molar-refractivity contribution < 1.29 is 4.39 Å². The summed E-state index contributed by atoms with van der Waals surface area (Å²) in [6, 6.07) is 9.31. The number of pyridine rings is 2. The van der Waals surface area contributed by atoms with Gasteiger partial charge >= 0.3 is 0 Å². The Balaban J connectivity index is 1.41. The molecule has 22 heavy (non-hydrogen) atoms. The van der Waals surface area contributed by atoms with Crippen molar-refractivity contribution in [1.82, 2.24) is 19.8 Å². The highest BCUT2D eigenvalue weighted by atomic mass is 19.1. The van der Waals surface area contributed by atoms with Crippen LogP contribution in [0.2, 0.25) is 0 Å². The van der Waals surface area contributed by atoms with E-state index in [0.717, 1.165) is 57.1 Å². The van der Waals surface area contributed by atoms with E-state index in [9.17, 15) is 4.39 Å². The SMILES string of the molecule is Fc1ccc(CN2CCN(CCc3ccccn3)CC2)nc1. The second kappa shape index (κ2) is 7.42. The second-order valence-corrected chi connectivity index (χ2v) is 5.66. The normalized spacial score (nSPS) is 16.8. The van der Waals surface area contributed by atoms with Crippen molar-refractivity contribution >= 4 is 0 Å². The summed E-state index contributed by atoms with van der Waals surface area (Å²) in [6.07, 6.45) is 4.14. The molecule has 0 unspecified atom stereocenters. The van der Waals surface area contributed by atoms with Crippen molar-refractivity contribution in [3.8, 4) is 0 Å². The monoisotopic (exact) mass is 300 g/mol. The van der Waals surface area contributed by atoms with Crippen LogP contribution in [-0.4, -0.2) is 52.5 Å². The van der Waals surface area contributed by atoms with Gasteiger partial charge in [0.05, 0.1) is 11.9 Å². The van der Waals surface area contributed by atoms with Crippen LogP contribution in [0.15, 0.2) is 42.7 Å². The first-order chi connectivity index (χ1) is 10.8. The molecule has 0 atom stereocenters. The molecular weight excluding hydrogens is 279 g/mol. The molecule has 3 rings (SSSR count). The number of piperazine rings is 1. The molecule has 0 radical (unpaired) electrons. The summed E-state index contributed by atoms with van der Waals surface area (Å²) in [5, 5.41) is 0. The molecule has 3 heterocycles. The molecular formula is C17H21FN4. The van der Waals surface area contributed by atoms with Crippen LogP contribution in [0.4, 0.5) is 4.39 Å². The zero-order valence-electron chi connectivity index (χ0n) is 12.7. The standard InChI is InChI=1S/C17H21FN4/c18-15-4-5-17(20-13-15)14-22-11-9-21(10-12-22)8-6-16-3-1-2-7-19-16/h1-5,7,13H,6,8-12,14H2. The molecule has 2 aromatic rings. The Labute approximate surface area is 130 Å². The highest BCUT2D eigenvalue weighted by Gasteiger charge is 2.17. The quantitative estimate of drug-likeness (QED) is 0.845. The maximum Gasteiger partial charge on any atom is 0.141 e. The molecule has 1 saturated heterocycles. The Kier molecular flexibility index (Phi) is 5.08. The summed E-state index contributed by atoms with van der Waals surface area (Å²) in [7, 11) is 0. The third-order valence-electron chi connectivity index (χ3n) is 4.05. The number of rotatable bonds is 5. The summed E-state index contributed by atoms with van der Waals surface area (Å²) >= 11 is 0. The van der Waals surface area contributed by atoms with E-state index in [1.807, 2.05) is 18.3 Å². The zero-order valence-corrected chi connectivity index (χ0v) is 12.7. The van der Waals surface area contributed by atoms with Gasteiger partial charge in [-0.1, -0.05) is 6.07 Å². The minimum atomic E-state index is -0.275. The van der Waals surface area contributed by atoms with Crippen LogP contribution in [-0.2, 0) is 13.0 Å². The van der Waals surface area contributed by atoms with Gasteiger partial charge in [-0.3, -0.25) is 14.9 Å². The zero-order chi connectivity index (χ0) is 15.2. The minimum absolute atomic E-state index is 0.275. The van der Waals surface area contributed by atoms with Gasteiger partial charge in [0.1, 0.15) is 5.82 Å². The average Bonchev–Trinajstić information content (AvgIpc) is 2.57. The van der Waals surface area contributed by atoms with E-state index in [1.165, 1.54) is 12.3 Å². The van der Waals surface area contributed by atoms with Crippen LogP contribution in [0.5, 0.6) is 0 Å². The highest BCUT2D eigenvalue weighted by Crippen LogP contribution is 2.08. The Hall–Kier alpha value is -1.85. The summed E-state index contributed by atoms with van der Waals surface area (Å²) < 4.78 is 12.9. The fraction of sp³-hybridized carbons (Fsp3) is 0.412. The number of hydrogen-bond acceptors (Lipinski definition) is 4. The maximum absolute atomic E-state index is 12.9. The molecule has 0 spiro atoms. The number of nitrogens with zero attached hydrogens (tertiary/aromatic N) is 4. The average molecular weight is 300 g/mol. The van der Waals surface area contributed by atoms with Gasteiger partial charge in [0.2, 0.25) is 0 Å².